The minimum absolute atomic E-state index is 0.0812. The molecule has 0 aliphatic heterocycles. The molecule has 0 bridgehead atoms. The Kier molecular flexibility index (Phi) is 7.69. The highest BCUT2D eigenvalue weighted by atomic mass is 35.5. The lowest BCUT2D eigenvalue weighted by Crippen LogP contribution is -2.34. The Morgan fingerprint density at radius 1 is 0.472 bits per heavy atom. The first-order chi connectivity index (χ1) is 17.7. The zero-order valence-corrected chi connectivity index (χ0v) is 22.1. The topological polar surface area (TPSA) is 0 Å². The van der Waals surface area contributed by atoms with Gasteiger partial charge in [-0.15, -0.1) is 0 Å². The third-order valence-corrected chi connectivity index (χ3v) is 11.6. The maximum atomic E-state index is 6.35. The number of benzene rings is 5. The van der Waals surface area contributed by atoms with Crippen molar-refractivity contribution in [2.24, 2.45) is 0 Å². The molecule has 5 aromatic rings. The molecular formula is C33H26Cl2P+. The van der Waals surface area contributed by atoms with Crippen LogP contribution in [0, 0.1) is 0 Å². The Hall–Kier alpha value is -3.15. The first-order valence-electron chi connectivity index (χ1n) is 11.9. The molecule has 0 aromatic heterocycles. The summed E-state index contributed by atoms with van der Waals surface area (Å²) in [5.41, 5.74) is 2.43. The van der Waals surface area contributed by atoms with Crippen LogP contribution in [-0.4, -0.2) is 0 Å². The van der Waals surface area contributed by atoms with Crippen molar-refractivity contribution in [2.75, 3.05) is 0 Å². The van der Waals surface area contributed by atoms with Gasteiger partial charge in [0.25, 0.3) is 0 Å². The van der Waals surface area contributed by atoms with Gasteiger partial charge in [0, 0.05) is 10.0 Å². The van der Waals surface area contributed by atoms with E-state index in [0.717, 1.165) is 15.6 Å². The SMILES string of the molecule is Clc1ccc(/C=C/C(c2ccc(Cl)cc2)[P+](c2ccccc2)(c2ccccc2)c2ccccc2)cc1. The minimum atomic E-state index is -2.20. The third kappa shape index (κ3) is 5.04. The summed E-state index contributed by atoms with van der Waals surface area (Å²) in [5.74, 6) is 0. The minimum Gasteiger partial charge on any atom is -0.0843 e. The summed E-state index contributed by atoms with van der Waals surface area (Å²) in [7, 11) is -2.20. The van der Waals surface area contributed by atoms with E-state index < -0.39 is 7.26 Å². The highest BCUT2D eigenvalue weighted by molar-refractivity contribution is 7.96. The predicted molar refractivity (Wildman–Crippen MR) is 160 cm³/mol. The molecule has 1 atom stereocenters. The molecule has 0 aliphatic rings. The van der Waals surface area contributed by atoms with Crippen LogP contribution in [0.2, 0.25) is 10.0 Å². The zero-order valence-electron chi connectivity index (χ0n) is 19.7. The molecule has 0 heterocycles. The molecule has 0 fully saturated rings. The van der Waals surface area contributed by atoms with Crippen LogP contribution in [0.25, 0.3) is 6.08 Å². The van der Waals surface area contributed by atoms with E-state index in [9.17, 15) is 0 Å². The van der Waals surface area contributed by atoms with Crippen molar-refractivity contribution >= 4 is 52.5 Å². The maximum absolute atomic E-state index is 6.35. The fraction of sp³-hybridized carbons (Fsp3) is 0.0303. The summed E-state index contributed by atoms with van der Waals surface area (Å²) >= 11 is 12.5. The molecule has 36 heavy (non-hydrogen) atoms. The van der Waals surface area contributed by atoms with Crippen molar-refractivity contribution in [2.45, 2.75) is 5.66 Å². The largest absolute Gasteiger partial charge is 0.127 e. The van der Waals surface area contributed by atoms with E-state index in [-0.39, 0.29) is 5.66 Å². The molecule has 0 aliphatic carbocycles. The molecule has 0 radical (unpaired) electrons. The third-order valence-electron chi connectivity index (χ3n) is 6.46. The normalized spacial score (nSPS) is 12.5. The number of allylic oxidation sites excluding steroid dienone is 1. The van der Waals surface area contributed by atoms with Crippen LogP contribution < -0.4 is 15.9 Å². The molecule has 0 amide bonds. The fourth-order valence-electron chi connectivity index (χ4n) is 4.82. The molecular weight excluding hydrogens is 498 g/mol. The second-order valence-corrected chi connectivity index (χ2v) is 13.1. The van der Waals surface area contributed by atoms with Crippen LogP contribution >= 0.6 is 30.5 Å². The Morgan fingerprint density at radius 2 is 0.861 bits per heavy atom. The molecule has 0 N–H and O–H groups in total. The lowest BCUT2D eigenvalue weighted by Gasteiger charge is -2.33. The zero-order chi connectivity index (χ0) is 24.8. The van der Waals surface area contributed by atoms with Crippen LogP contribution in [0.3, 0.4) is 0 Å². The predicted octanol–water partition coefficient (Wildman–Crippen LogP) is 8.74. The van der Waals surface area contributed by atoms with Gasteiger partial charge in [0.2, 0.25) is 0 Å². The van der Waals surface area contributed by atoms with Gasteiger partial charge in [-0.2, -0.15) is 0 Å². The highest BCUT2D eigenvalue weighted by Gasteiger charge is 2.52. The molecule has 0 nitrogen and oxygen atoms in total. The summed E-state index contributed by atoms with van der Waals surface area (Å²) < 4.78 is 0. The van der Waals surface area contributed by atoms with Gasteiger partial charge in [0.1, 0.15) is 28.8 Å². The van der Waals surface area contributed by atoms with Gasteiger partial charge < -0.3 is 0 Å². The summed E-state index contributed by atoms with van der Waals surface area (Å²) in [6, 6.07) is 49.2. The van der Waals surface area contributed by atoms with E-state index in [1.807, 2.05) is 24.3 Å². The molecule has 5 aromatic carbocycles. The van der Waals surface area contributed by atoms with Crippen molar-refractivity contribution < 1.29 is 0 Å². The average molecular weight is 524 g/mol. The second kappa shape index (κ2) is 11.3. The van der Waals surface area contributed by atoms with Gasteiger partial charge in [-0.05, 0) is 77.9 Å². The molecule has 5 rings (SSSR count). The molecule has 0 saturated carbocycles. The van der Waals surface area contributed by atoms with Gasteiger partial charge in [0.05, 0.1) is 0 Å². The maximum Gasteiger partial charge on any atom is 0.127 e. The van der Waals surface area contributed by atoms with Gasteiger partial charge in [0.15, 0.2) is 0 Å². The first kappa shape index (κ1) is 24.5. The molecule has 0 saturated heterocycles. The van der Waals surface area contributed by atoms with Gasteiger partial charge in [-0.3, -0.25) is 0 Å². The van der Waals surface area contributed by atoms with E-state index in [0.29, 0.717) is 0 Å². The average Bonchev–Trinajstić information content (AvgIpc) is 2.94. The highest BCUT2D eigenvalue weighted by Crippen LogP contribution is 2.67. The summed E-state index contributed by atoms with van der Waals surface area (Å²) in [6.45, 7) is 0. The van der Waals surface area contributed by atoms with Crippen molar-refractivity contribution in [3.63, 3.8) is 0 Å². The lowest BCUT2D eigenvalue weighted by molar-refractivity contribution is 1.21. The van der Waals surface area contributed by atoms with E-state index in [2.05, 4.69) is 127 Å². The van der Waals surface area contributed by atoms with E-state index >= 15 is 0 Å². The summed E-state index contributed by atoms with van der Waals surface area (Å²) in [5, 5.41) is 5.48. The van der Waals surface area contributed by atoms with Crippen molar-refractivity contribution in [3.8, 4) is 0 Å². The van der Waals surface area contributed by atoms with Crippen molar-refractivity contribution in [1.82, 2.24) is 0 Å². The standard InChI is InChI=1S/C33H26Cl2P/c34-28-21-16-26(17-22-28)18-25-33(27-19-23-29(35)24-20-27)36(30-10-4-1-5-11-30,31-12-6-2-7-13-31)32-14-8-3-9-15-32/h1-25,33H/q+1/b25-18+. The van der Waals surface area contributed by atoms with E-state index in [1.54, 1.807) is 0 Å². The monoisotopic (exact) mass is 523 g/mol. The van der Waals surface area contributed by atoms with Crippen LogP contribution in [0.4, 0.5) is 0 Å². The van der Waals surface area contributed by atoms with E-state index in [1.165, 1.54) is 21.5 Å². The number of halogens is 2. The Bertz CT molecular complexity index is 1320. The molecule has 0 spiro atoms. The molecule has 3 heteroatoms. The Labute approximate surface area is 224 Å². The van der Waals surface area contributed by atoms with Gasteiger partial charge in [-0.1, -0.05) is 108 Å². The van der Waals surface area contributed by atoms with Crippen LogP contribution in [-0.2, 0) is 0 Å². The number of hydrogen-bond acceptors (Lipinski definition) is 0. The Morgan fingerprint density at radius 3 is 1.28 bits per heavy atom. The fourth-order valence-corrected chi connectivity index (χ4v) is 9.82. The molecule has 1 unspecified atom stereocenters. The van der Waals surface area contributed by atoms with Crippen LogP contribution in [0.5, 0.6) is 0 Å². The molecule has 176 valence electrons. The van der Waals surface area contributed by atoms with Crippen molar-refractivity contribution in [3.05, 3.63) is 167 Å². The van der Waals surface area contributed by atoms with Crippen LogP contribution in [0.1, 0.15) is 16.8 Å². The first-order valence-corrected chi connectivity index (χ1v) is 14.5. The smallest absolute Gasteiger partial charge is 0.0843 e. The number of hydrogen-bond donors (Lipinski definition) is 0. The van der Waals surface area contributed by atoms with Gasteiger partial charge >= 0.3 is 0 Å². The summed E-state index contributed by atoms with van der Waals surface area (Å²) in [6.07, 6.45) is 4.59. The van der Waals surface area contributed by atoms with Crippen LogP contribution in [0.15, 0.2) is 146 Å². The van der Waals surface area contributed by atoms with Gasteiger partial charge in [-0.25, -0.2) is 0 Å². The summed E-state index contributed by atoms with van der Waals surface area (Å²) in [4.78, 5) is 0. The second-order valence-electron chi connectivity index (χ2n) is 8.64. The Balaban J connectivity index is 1.84. The van der Waals surface area contributed by atoms with E-state index in [4.69, 9.17) is 23.2 Å². The lowest BCUT2D eigenvalue weighted by atomic mass is 10.1. The van der Waals surface area contributed by atoms with Crippen molar-refractivity contribution in [1.29, 1.82) is 0 Å². The quantitative estimate of drug-likeness (QED) is 0.187. The number of rotatable bonds is 7.